The number of aryl methyl sites for hydroxylation is 1. The second kappa shape index (κ2) is 5.48. The summed E-state index contributed by atoms with van der Waals surface area (Å²) in [7, 11) is 0. The molecule has 0 unspecified atom stereocenters. The number of aromatic nitrogens is 2. The number of nitro benzene ring substituents is 1. The average molecular weight is 296 g/mol. The molecule has 8 heteroatoms. The minimum atomic E-state index is -0.446. The lowest BCUT2D eigenvalue weighted by atomic mass is 10.1. The highest BCUT2D eigenvalue weighted by molar-refractivity contribution is 6.31. The van der Waals surface area contributed by atoms with Crippen LogP contribution in [0.25, 0.3) is 0 Å². The van der Waals surface area contributed by atoms with Gasteiger partial charge >= 0.3 is 0 Å². The molecule has 7 nitrogen and oxygen atoms in total. The minimum Gasteiger partial charge on any atom is -0.324 e. The molecule has 0 atom stereocenters. The fraction of sp³-hybridized carbons (Fsp3) is 0.250. The van der Waals surface area contributed by atoms with Gasteiger partial charge in [-0.15, -0.1) is 0 Å². The van der Waals surface area contributed by atoms with Gasteiger partial charge in [-0.3, -0.25) is 20.6 Å². The molecule has 0 saturated carbocycles. The Labute approximate surface area is 120 Å². The smallest absolute Gasteiger partial charge is 0.269 e. The van der Waals surface area contributed by atoms with Crippen molar-refractivity contribution in [2.75, 3.05) is 5.43 Å². The van der Waals surface area contributed by atoms with Crippen molar-refractivity contribution < 1.29 is 4.92 Å². The third-order valence-corrected chi connectivity index (χ3v) is 3.62. The number of nitrogens with zero attached hydrogens (tertiary/aromatic N) is 3. The molecule has 1 aromatic carbocycles. The van der Waals surface area contributed by atoms with Gasteiger partial charge in [0.25, 0.3) is 5.69 Å². The molecule has 3 N–H and O–H groups in total. The maximum Gasteiger partial charge on any atom is 0.269 e. The van der Waals surface area contributed by atoms with Crippen LogP contribution >= 0.6 is 11.6 Å². The van der Waals surface area contributed by atoms with E-state index >= 15 is 0 Å². The van der Waals surface area contributed by atoms with E-state index in [0.717, 1.165) is 11.4 Å². The van der Waals surface area contributed by atoms with Crippen molar-refractivity contribution in [3.8, 4) is 0 Å². The molecule has 0 aliphatic rings. The molecule has 0 bridgehead atoms. The van der Waals surface area contributed by atoms with Gasteiger partial charge < -0.3 is 5.43 Å². The van der Waals surface area contributed by atoms with E-state index in [0.29, 0.717) is 22.8 Å². The number of hydrazine groups is 1. The molecule has 2 rings (SSSR count). The van der Waals surface area contributed by atoms with Crippen LogP contribution in [0.4, 0.5) is 11.4 Å². The molecule has 20 heavy (non-hydrogen) atoms. The maximum atomic E-state index is 10.8. The normalized spacial score (nSPS) is 10.6. The Morgan fingerprint density at radius 1 is 1.50 bits per heavy atom. The number of nitrogens with two attached hydrogens (primary N) is 1. The van der Waals surface area contributed by atoms with E-state index < -0.39 is 4.92 Å². The van der Waals surface area contributed by atoms with E-state index in [2.05, 4.69) is 10.5 Å². The van der Waals surface area contributed by atoms with Crippen LogP contribution in [0.1, 0.15) is 17.0 Å². The first-order chi connectivity index (χ1) is 9.43. The van der Waals surface area contributed by atoms with Crippen LogP contribution in [0.3, 0.4) is 0 Å². The maximum absolute atomic E-state index is 10.8. The zero-order valence-electron chi connectivity index (χ0n) is 11.1. The van der Waals surface area contributed by atoms with E-state index in [1.165, 1.54) is 12.1 Å². The Kier molecular flexibility index (Phi) is 3.91. The van der Waals surface area contributed by atoms with Crippen molar-refractivity contribution in [3.63, 3.8) is 0 Å². The molecule has 0 aliphatic heterocycles. The highest BCUT2D eigenvalue weighted by Crippen LogP contribution is 2.25. The van der Waals surface area contributed by atoms with Crippen LogP contribution in [0, 0.1) is 24.0 Å². The van der Waals surface area contributed by atoms with E-state index in [4.69, 9.17) is 17.4 Å². The van der Waals surface area contributed by atoms with Crippen LogP contribution in [0.2, 0.25) is 5.02 Å². The van der Waals surface area contributed by atoms with E-state index in [1.54, 1.807) is 17.7 Å². The molecule has 0 aliphatic carbocycles. The summed E-state index contributed by atoms with van der Waals surface area (Å²) >= 11 is 6.09. The fourth-order valence-electron chi connectivity index (χ4n) is 1.96. The molecule has 0 saturated heterocycles. The molecule has 0 fully saturated rings. The lowest BCUT2D eigenvalue weighted by molar-refractivity contribution is -0.384. The number of rotatable bonds is 4. The molecule has 106 valence electrons. The van der Waals surface area contributed by atoms with Gasteiger partial charge in [0.05, 0.1) is 33.6 Å². The number of nitrogen functional groups attached to an aromatic ring is 1. The summed E-state index contributed by atoms with van der Waals surface area (Å²) in [5.74, 6) is 5.43. The second-order valence-corrected chi connectivity index (χ2v) is 4.76. The number of nitro groups is 1. The van der Waals surface area contributed by atoms with Gasteiger partial charge in [0.2, 0.25) is 0 Å². The van der Waals surface area contributed by atoms with Crippen molar-refractivity contribution in [1.29, 1.82) is 0 Å². The largest absolute Gasteiger partial charge is 0.324 e. The summed E-state index contributed by atoms with van der Waals surface area (Å²) in [5, 5.41) is 15.7. The lowest BCUT2D eigenvalue weighted by Gasteiger charge is -2.10. The summed E-state index contributed by atoms with van der Waals surface area (Å²) in [6, 6.07) is 4.44. The molecular weight excluding hydrogens is 282 g/mol. The number of nitrogens with one attached hydrogen (secondary N) is 1. The van der Waals surface area contributed by atoms with Gasteiger partial charge in [0, 0.05) is 17.7 Å². The van der Waals surface area contributed by atoms with Crippen molar-refractivity contribution in [2.24, 2.45) is 5.84 Å². The second-order valence-electron chi connectivity index (χ2n) is 4.39. The Bertz CT molecular complexity index is 668. The van der Waals surface area contributed by atoms with Crippen molar-refractivity contribution in [2.45, 2.75) is 20.4 Å². The molecule has 1 heterocycles. The number of benzene rings is 1. The van der Waals surface area contributed by atoms with Gasteiger partial charge in [0.15, 0.2) is 0 Å². The molecular formula is C12H14ClN5O2. The summed E-state index contributed by atoms with van der Waals surface area (Å²) in [6.45, 7) is 4.00. The van der Waals surface area contributed by atoms with Crippen LogP contribution in [0.15, 0.2) is 18.2 Å². The van der Waals surface area contributed by atoms with E-state index in [9.17, 15) is 10.1 Å². The molecule has 0 amide bonds. The zero-order chi connectivity index (χ0) is 14.9. The number of non-ortho nitro benzene ring substituents is 1. The van der Waals surface area contributed by atoms with Crippen LogP contribution in [-0.4, -0.2) is 14.7 Å². The van der Waals surface area contributed by atoms with Crippen molar-refractivity contribution in [3.05, 3.63) is 50.3 Å². The highest BCUT2D eigenvalue weighted by atomic mass is 35.5. The Morgan fingerprint density at radius 2 is 2.20 bits per heavy atom. The number of hydrogen-bond acceptors (Lipinski definition) is 5. The minimum absolute atomic E-state index is 0.00614. The van der Waals surface area contributed by atoms with Gasteiger partial charge in [-0.25, -0.2) is 0 Å². The molecule has 2 aromatic rings. The van der Waals surface area contributed by atoms with Crippen molar-refractivity contribution >= 4 is 23.0 Å². The monoisotopic (exact) mass is 295 g/mol. The van der Waals surface area contributed by atoms with Crippen LogP contribution in [0.5, 0.6) is 0 Å². The first-order valence-electron chi connectivity index (χ1n) is 5.87. The standard InChI is InChI=1S/C12H14ClN5O2/c1-7-12(13)8(2)17(16-7)6-9-5-10(18(19)20)3-4-11(9)15-14/h3-5,15H,6,14H2,1-2H3. The average Bonchev–Trinajstić information content (AvgIpc) is 2.66. The predicted octanol–water partition coefficient (Wildman–Crippen LogP) is 2.40. The molecule has 1 aromatic heterocycles. The topological polar surface area (TPSA) is 99.0 Å². The number of hydrogen-bond donors (Lipinski definition) is 2. The molecule has 0 spiro atoms. The first kappa shape index (κ1) is 14.3. The van der Waals surface area contributed by atoms with Crippen LogP contribution < -0.4 is 11.3 Å². The first-order valence-corrected chi connectivity index (χ1v) is 6.25. The van der Waals surface area contributed by atoms with Gasteiger partial charge in [-0.2, -0.15) is 5.10 Å². The van der Waals surface area contributed by atoms with Gasteiger partial charge in [0.1, 0.15) is 0 Å². The highest BCUT2D eigenvalue weighted by Gasteiger charge is 2.14. The van der Waals surface area contributed by atoms with Crippen LogP contribution in [-0.2, 0) is 6.54 Å². The lowest BCUT2D eigenvalue weighted by Crippen LogP contribution is -2.12. The quantitative estimate of drug-likeness (QED) is 0.512. The summed E-state index contributed by atoms with van der Waals surface area (Å²) < 4.78 is 1.69. The third kappa shape index (κ3) is 2.59. The van der Waals surface area contributed by atoms with Crippen molar-refractivity contribution in [1.82, 2.24) is 9.78 Å². The van der Waals surface area contributed by atoms with E-state index in [-0.39, 0.29) is 5.69 Å². The summed E-state index contributed by atoms with van der Waals surface area (Å²) in [5.41, 5.74) is 5.34. The fourth-order valence-corrected chi connectivity index (χ4v) is 2.09. The zero-order valence-corrected chi connectivity index (χ0v) is 11.8. The Hall–Kier alpha value is -2.12. The predicted molar refractivity (Wildman–Crippen MR) is 76.7 cm³/mol. The van der Waals surface area contributed by atoms with E-state index in [1.807, 2.05) is 6.92 Å². The number of halogens is 1. The molecule has 0 radical (unpaired) electrons. The van der Waals surface area contributed by atoms with Gasteiger partial charge in [-0.05, 0) is 19.9 Å². The Balaban J connectivity index is 2.43. The SMILES string of the molecule is Cc1nn(Cc2cc([N+](=O)[O-])ccc2NN)c(C)c1Cl. The number of anilines is 1. The Morgan fingerprint density at radius 3 is 2.70 bits per heavy atom. The van der Waals surface area contributed by atoms with Gasteiger partial charge in [-0.1, -0.05) is 11.6 Å². The third-order valence-electron chi connectivity index (χ3n) is 3.07. The summed E-state index contributed by atoms with van der Waals surface area (Å²) in [6.07, 6.45) is 0. The summed E-state index contributed by atoms with van der Waals surface area (Å²) in [4.78, 5) is 10.4.